The lowest BCUT2D eigenvalue weighted by molar-refractivity contribution is -0.121. The maximum absolute atomic E-state index is 11.9. The average Bonchev–Trinajstić information content (AvgIpc) is 3.02. The second-order valence-electron chi connectivity index (χ2n) is 5.76. The van der Waals surface area contributed by atoms with Gasteiger partial charge in [-0.2, -0.15) is 0 Å². The van der Waals surface area contributed by atoms with E-state index in [1.165, 1.54) is 30.6 Å². The van der Waals surface area contributed by atoms with E-state index in [1.807, 2.05) is 18.2 Å². The van der Waals surface area contributed by atoms with E-state index in [2.05, 4.69) is 17.4 Å². The molecule has 2 nitrogen and oxygen atoms in total. The summed E-state index contributed by atoms with van der Waals surface area (Å²) in [6.45, 7) is 0. The molecule has 1 aromatic carbocycles. The number of hydrogen-bond acceptors (Lipinski definition) is 2. The van der Waals surface area contributed by atoms with Crippen molar-refractivity contribution < 1.29 is 4.79 Å². The third kappa shape index (κ3) is 3.33. The van der Waals surface area contributed by atoms with Crippen molar-refractivity contribution in [2.45, 2.75) is 43.0 Å². The van der Waals surface area contributed by atoms with Crippen molar-refractivity contribution in [2.75, 3.05) is 5.75 Å². The van der Waals surface area contributed by atoms with Crippen molar-refractivity contribution in [3.05, 3.63) is 30.3 Å². The van der Waals surface area contributed by atoms with E-state index < -0.39 is 0 Å². The Bertz CT molecular complexity index is 434. The molecule has 0 radical (unpaired) electrons. The number of carbonyl (C=O) groups excluding carboxylic acids is 1. The molecule has 2 aliphatic carbocycles. The number of fused-ring (bicyclic) bond motifs is 2. The largest absolute Gasteiger partial charge is 0.353 e. The molecule has 0 unspecified atom stereocenters. The molecule has 1 N–H and O–H groups in total. The summed E-state index contributed by atoms with van der Waals surface area (Å²) < 4.78 is 0. The summed E-state index contributed by atoms with van der Waals surface area (Å²) in [5.74, 6) is 2.78. The number of amides is 1. The highest BCUT2D eigenvalue weighted by Crippen LogP contribution is 2.44. The molecule has 2 saturated carbocycles. The summed E-state index contributed by atoms with van der Waals surface area (Å²) in [6, 6.07) is 10.8. The highest BCUT2D eigenvalue weighted by Gasteiger charge is 2.39. The van der Waals surface area contributed by atoms with Crippen LogP contribution in [0.25, 0.3) is 0 Å². The zero-order valence-corrected chi connectivity index (χ0v) is 12.0. The van der Waals surface area contributed by atoms with Gasteiger partial charge in [0.15, 0.2) is 0 Å². The zero-order chi connectivity index (χ0) is 13.1. The Morgan fingerprint density at radius 3 is 2.74 bits per heavy atom. The SMILES string of the molecule is O=C(CCSc1ccccc1)N[C@@H]1C[C@@H]2CC[C@H]1C2. The molecule has 102 valence electrons. The monoisotopic (exact) mass is 275 g/mol. The van der Waals surface area contributed by atoms with Gasteiger partial charge in [-0.25, -0.2) is 0 Å². The van der Waals surface area contributed by atoms with Gasteiger partial charge in [-0.3, -0.25) is 4.79 Å². The van der Waals surface area contributed by atoms with Crippen LogP contribution >= 0.6 is 11.8 Å². The summed E-state index contributed by atoms with van der Waals surface area (Å²) in [5, 5.41) is 3.24. The minimum Gasteiger partial charge on any atom is -0.353 e. The van der Waals surface area contributed by atoms with Crippen LogP contribution in [0.4, 0.5) is 0 Å². The normalized spacial score (nSPS) is 28.5. The van der Waals surface area contributed by atoms with Crippen molar-refractivity contribution in [3.63, 3.8) is 0 Å². The van der Waals surface area contributed by atoms with E-state index >= 15 is 0 Å². The fourth-order valence-electron chi connectivity index (χ4n) is 3.48. The third-order valence-electron chi connectivity index (χ3n) is 4.43. The second-order valence-corrected chi connectivity index (χ2v) is 6.93. The third-order valence-corrected chi connectivity index (χ3v) is 5.44. The van der Waals surface area contributed by atoms with E-state index in [-0.39, 0.29) is 5.91 Å². The molecule has 3 rings (SSSR count). The van der Waals surface area contributed by atoms with Crippen LogP contribution in [0, 0.1) is 11.8 Å². The van der Waals surface area contributed by atoms with Gasteiger partial charge in [-0.1, -0.05) is 24.6 Å². The Morgan fingerprint density at radius 1 is 1.21 bits per heavy atom. The van der Waals surface area contributed by atoms with Crippen molar-refractivity contribution >= 4 is 17.7 Å². The Labute approximate surface area is 119 Å². The molecule has 0 aromatic heterocycles. The molecule has 0 aliphatic heterocycles. The first-order chi connectivity index (χ1) is 9.31. The Hall–Kier alpha value is -0.960. The lowest BCUT2D eigenvalue weighted by atomic mass is 9.95. The molecule has 1 aromatic rings. The molecule has 2 fully saturated rings. The lowest BCUT2D eigenvalue weighted by Gasteiger charge is -2.22. The molecule has 3 heteroatoms. The smallest absolute Gasteiger partial charge is 0.221 e. The van der Waals surface area contributed by atoms with Crippen molar-refractivity contribution in [3.8, 4) is 0 Å². The maximum Gasteiger partial charge on any atom is 0.221 e. The zero-order valence-electron chi connectivity index (χ0n) is 11.2. The first-order valence-corrected chi connectivity index (χ1v) is 8.27. The van der Waals surface area contributed by atoms with Gasteiger partial charge in [0.25, 0.3) is 0 Å². The van der Waals surface area contributed by atoms with Gasteiger partial charge in [-0.15, -0.1) is 11.8 Å². The molecular weight excluding hydrogens is 254 g/mol. The molecule has 3 atom stereocenters. The molecule has 2 aliphatic rings. The van der Waals surface area contributed by atoms with Crippen molar-refractivity contribution in [1.82, 2.24) is 5.32 Å². The molecule has 0 saturated heterocycles. The minimum absolute atomic E-state index is 0.237. The highest BCUT2D eigenvalue weighted by molar-refractivity contribution is 7.99. The minimum atomic E-state index is 0.237. The maximum atomic E-state index is 11.9. The predicted molar refractivity (Wildman–Crippen MR) is 79.2 cm³/mol. The second kappa shape index (κ2) is 6.00. The van der Waals surface area contributed by atoms with Crippen LogP contribution in [0.2, 0.25) is 0 Å². The van der Waals surface area contributed by atoms with Crippen LogP contribution in [-0.2, 0) is 4.79 Å². The van der Waals surface area contributed by atoms with Gasteiger partial charge in [-0.05, 0) is 43.2 Å². The predicted octanol–water partition coefficient (Wildman–Crippen LogP) is 3.47. The van der Waals surface area contributed by atoms with Crippen LogP contribution in [0.1, 0.15) is 32.1 Å². The number of rotatable bonds is 5. The summed E-state index contributed by atoms with van der Waals surface area (Å²) in [7, 11) is 0. The summed E-state index contributed by atoms with van der Waals surface area (Å²) in [5.41, 5.74) is 0. The van der Waals surface area contributed by atoms with E-state index in [4.69, 9.17) is 0 Å². The Morgan fingerprint density at radius 2 is 2.05 bits per heavy atom. The number of nitrogens with one attached hydrogen (secondary N) is 1. The topological polar surface area (TPSA) is 29.1 Å². The van der Waals surface area contributed by atoms with Gasteiger partial charge < -0.3 is 5.32 Å². The molecular formula is C16H21NOS. The fourth-order valence-corrected chi connectivity index (χ4v) is 4.35. The summed E-state index contributed by atoms with van der Waals surface area (Å²) >= 11 is 1.76. The first-order valence-electron chi connectivity index (χ1n) is 7.28. The van der Waals surface area contributed by atoms with Gasteiger partial charge in [0.2, 0.25) is 5.91 Å². The fraction of sp³-hybridized carbons (Fsp3) is 0.562. The number of thioether (sulfide) groups is 1. The number of hydrogen-bond donors (Lipinski definition) is 1. The first kappa shape index (κ1) is 13.0. The standard InChI is InChI=1S/C16H21NOS/c18-16(8-9-19-14-4-2-1-3-5-14)17-15-11-12-6-7-13(15)10-12/h1-5,12-13,15H,6-11H2,(H,17,18)/t12-,13+,15-/m1/s1. The van der Waals surface area contributed by atoms with Crippen LogP contribution in [0.15, 0.2) is 35.2 Å². The van der Waals surface area contributed by atoms with E-state index in [0.717, 1.165) is 17.6 Å². The summed E-state index contributed by atoms with van der Waals surface area (Å²) in [6.07, 6.45) is 5.93. The van der Waals surface area contributed by atoms with Gasteiger partial charge in [0.1, 0.15) is 0 Å². The quantitative estimate of drug-likeness (QED) is 0.834. The van der Waals surface area contributed by atoms with Crippen LogP contribution < -0.4 is 5.32 Å². The van der Waals surface area contributed by atoms with Crippen LogP contribution in [0.3, 0.4) is 0 Å². The van der Waals surface area contributed by atoms with E-state index in [0.29, 0.717) is 12.5 Å². The highest BCUT2D eigenvalue weighted by atomic mass is 32.2. The van der Waals surface area contributed by atoms with Gasteiger partial charge in [0.05, 0.1) is 0 Å². The molecule has 2 bridgehead atoms. The number of benzene rings is 1. The Kier molecular flexibility index (Phi) is 4.12. The molecule has 19 heavy (non-hydrogen) atoms. The van der Waals surface area contributed by atoms with E-state index in [9.17, 15) is 4.79 Å². The Balaban J connectivity index is 1.38. The van der Waals surface area contributed by atoms with E-state index in [1.54, 1.807) is 11.8 Å². The molecule has 1 amide bonds. The van der Waals surface area contributed by atoms with Gasteiger partial charge in [0, 0.05) is 23.1 Å². The van der Waals surface area contributed by atoms with Crippen molar-refractivity contribution in [2.24, 2.45) is 11.8 Å². The number of carbonyl (C=O) groups is 1. The van der Waals surface area contributed by atoms with Gasteiger partial charge >= 0.3 is 0 Å². The lowest BCUT2D eigenvalue weighted by Crippen LogP contribution is -2.38. The average molecular weight is 275 g/mol. The van der Waals surface area contributed by atoms with Crippen molar-refractivity contribution in [1.29, 1.82) is 0 Å². The molecule has 0 heterocycles. The summed E-state index contributed by atoms with van der Waals surface area (Å²) in [4.78, 5) is 13.2. The van der Waals surface area contributed by atoms with Crippen LogP contribution in [-0.4, -0.2) is 17.7 Å². The molecule has 0 spiro atoms. The van der Waals surface area contributed by atoms with Crippen LogP contribution in [0.5, 0.6) is 0 Å².